The molecule has 2 aromatic carbocycles. The van der Waals surface area contributed by atoms with Crippen LogP contribution in [0.15, 0.2) is 60.3 Å². The van der Waals surface area contributed by atoms with E-state index in [2.05, 4.69) is 0 Å². The fraction of sp³-hybridized carbons (Fsp3) is 0.439. The van der Waals surface area contributed by atoms with E-state index in [-0.39, 0.29) is 66.9 Å². The molecule has 0 amide bonds. The number of fused-ring (bicyclic) bond motifs is 2. The smallest absolute Gasteiger partial charge is 0.338 e. The maximum absolute atomic E-state index is 13.5. The molecular weight excluding hydrogens is 889 g/mol. The predicted octanol–water partition coefficient (Wildman–Crippen LogP) is 4.81. The summed E-state index contributed by atoms with van der Waals surface area (Å²) < 4.78 is 109. The van der Waals surface area contributed by atoms with Gasteiger partial charge in [0.15, 0.2) is 5.71 Å². The maximum atomic E-state index is 13.5. The number of nitrogens with zero attached hydrogens (tertiary/aromatic N) is 2. The van der Waals surface area contributed by atoms with Crippen LogP contribution in [-0.2, 0) is 50.7 Å². The second-order valence-electron chi connectivity index (χ2n) is 15.9. The third kappa shape index (κ3) is 12.5. The molecule has 5 N–H and O–H groups in total. The van der Waals surface area contributed by atoms with E-state index in [1.807, 2.05) is 0 Å². The molecule has 0 atom stereocenters. The van der Waals surface area contributed by atoms with Crippen molar-refractivity contribution in [2.75, 3.05) is 48.5 Å². The average molecular weight is 940 g/mol. The van der Waals surface area contributed by atoms with Gasteiger partial charge in [-0.3, -0.25) is 13.7 Å². The highest BCUT2D eigenvalue weighted by molar-refractivity contribution is 7.86. The van der Waals surface area contributed by atoms with Gasteiger partial charge in [-0.25, -0.2) is 19.2 Å². The Morgan fingerprint density at radius 1 is 0.683 bits per heavy atom. The summed E-state index contributed by atoms with van der Waals surface area (Å²) in [5.41, 5.74) is -0.484. The standard InChI is InChI=1S/C41H50N2O17S3/c1-6-17-59-38(48)28-22-26(36(44)45)24-30-34(28)40(2,3)32(42(30)15-10-19-61(50,51)52)13-8-7-9-14-33-41(4,5)35-29(39(49)60-18-12-21-63(56,57)58)23-27(37(46)47)25-31(35)43(33)16-11-20-62(53,54)55/h7-9,13-14,22-25H,6,10-12,15-21H2,1-5H3,(H4-,44,45,46,47,50,51,52,53,54,55,56,57,58)/p+1. The lowest BCUT2D eigenvalue weighted by atomic mass is 9.78. The third-order valence-corrected chi connectivity index (χ3v) is 12.8. The molecular formula is C41H51N2O17S3+. The first-order chi connectivity index (χ1) is 29.1. The van der Waals surface area contributed by atoms with Crippen LogP contribution < -0.4 is 4.90 Å². The van der Waals surface area contributed by atoms with Crippen LogP contribution in [0.5, 0.6) is 0 Å². The quantitative estimate of drug-likeness (QED) is 0.0369. The summed E-state index contributed by atoms with van der Waals surface area (Å²) in [4.78, 5) is 53.0. The fourth-order valence-corrected chi connectivity index (χ4v) is 9.23. The van der Waals surface area contributed by atoms with Crippen LogP contribution in [0.3, 0.4) is 0 Å². The predicted molar refractivity (Wildman–Crippen MR) is 230 cm³/mol. The van der Waals surface area contributed by atoms with Crippen molar-refractivity contribution in [2.24, 2.45) is 0 Å². The van der Waals surface area contributed by atoms with Gasteiger partial charge in [0.25, 0.3) is 30.4 Å². The molecule has 344 valence electrons. The second-order valence-corrected chi connectivity index (χ2v) is 20.6. The molecule has 2 aliphatic heterocycles. The summed E-state index contributed by atoms with van der Waals surface area (Å²) >= 11 is 0. The minimum absolute atomic E-state index is 0.00915. The Balaban J connectivity index is 1.83. The van der Waals surface area contributed by atoms with E-state index in [9.17, 15) is 63.8 Å². The number of aromatic carboxylic acids is 2. The number of anilines is 1. The van der Waals surface area contributed by atoms with E-state index in [0.29, 0.717) is 34.6 Å². The summed E-state index contributed by atoms with van der Waals surface area (Å²) in [7, 11) is -13.1. The zero-order valence-electron chi connectivity index (χ0n) is 35.2. The average Bonchev–Trinajstić information content (AvgIpc) is 3.51. The Morgan fingerprint density at radius 2 is 1.21 bits per heavy atom. The lowest BCUT2D eigenvalue weighted by Crippen LogP contribution is -2.29. The summed E-state index contributed by atoms with van der Waals surface area (Å²) in [6.45, 7) is 8.42. The molecule has 2 aliphatic rings. The van der Waals surface area contributed by atoms with E-state index in [1.54, 1.807) is 74.5 Å². The SMILES string of the molecule is CCCOC(=O)c1cc(C(=O)O)cc2c1C(C)(C)C(C=CC=CC=C1N(CCCS(=O)(=O)O)c3cc(C(=O)O)cc(C(=O)OCCCS(=O)(=O)O)c3C1(C)C)=[N+]2CCCS(=O)(=O)O. The Morgan fingerprint density at radius 3 is 1.76 bits per heavy atom. The molecule has 0 spiro atoms. The summed E-state index contributed by atoms with van der Waals surface area (Å²) in [6.07, 6.45) is 8.21. The van der Waals surface area contributed by atoms with Crippen molar-refractivity contribution in [3.8, 4) is 0 Å². The number of hydrogen-bond donors (Lipinski definition) is 5. The van der Waals surface area contributed by atoms with Gasteiger partial charge in [0.2, 0.25) is 5.69 Å². The maximum Gasteiger partial charge on any atom is 0.338 e. The number of benzene rings is 2. The Labute approximate surface area is 365 Å². The summed E-state index contributed by atoms with van der Waals surface area (Å²) in [6, 6.07) is 5.02. The topological polar surface area (TPSA) is 297 Å². The minimum atomic E-state index is -4.41. The Bertz CT molecular complexity index is 2640. The molecule has 4 rings (SSSR count). The van der Waals surface area contributed by atoms with Gasteiger partial charge in [-0.1, -0.05) is 39.0 Å². The van der Waals surface area contributed by atoms with Crippen LogP contribution in [0.1, 0.15) is 113 Å². The van der Waals surface area contributed by atoms with Crippen molar-refractivity contribution in [3.05, 3.63) is 93.7 Å². The highest BCUT2D eigenvalue weighted by atomic mass is 32.2. The fourth-order valence-electron chi connectivity index (χ4n) is 7.75. The van der Waals surface area contributed by atoms with E-state index in [4.69, 9.17) is 14.0 Å². The number of allylic oxidation sites excluding steroid dienone is 6. The molecule has 0 radical (unpaired) electrons. The van der Waals surface area contributed by atoms with Gasteiger partial charge >= 0.3 is 23.9 Å². The van der Waals surface area contributed by atoms with Gasteiger partial charge in [0.1, 0.15) is 6.54 Å². The largest absolute Gasteiger partial charge is 0.478 e. The number of esters is 2. The molecule has 0 saturated heterocycles. The number of hydrogen-bond acceptors (Lipinski definition) is 13. The molecule has 0 unspecified atom stereocenters. The zero-order valence-corrected chi connectivity index (χ0v) is 37.7. The van der Waals surface area contributed by atoms with Gasteiger partial charge in [-0.2, -0.15) is 29.8 Å². The summed E-state index contributed by atoms with van der Waals surface area (Å²) in [5.74, 6) is -6.38. The molecule has 2 aromatic rings. The Kier molecular flexibility index (Phi) is 15.7. The number of carbonyl (C=O) groups is 4. The second kappa shape index (κ2) is 19.6. The first kappa shape index (κ1) is 50.4. The normalized spacial score (nSPS) is 16.5. The van der Waals surface area contributed by atoms with Gasteiger partial charge in [0, 0.05) is 47.5 Å². The van der Waals surface area contributed by atoms with Crippen LogP contribution in [0, 0.1) is 0 Å². The number of carbonyl (C=O) groups excluding carboxylic acids is 2. The Hall–Kier alpha value is -5.26. The van der Waals surface area contributed by atoms with Crippen LogP contribution in [-0.4, -0.2) is 127 Å². The highest BCUT2D eigenvalue weighted by Crippen LogP contribution is 2.50. The lowest BCUT2D eigenvalue weighted by molar-refractivity contribution is -0.437. The van der Waals surface area contributed by atoms with Crippen molar-refractivity contribution in [1.82, 2.24) is 0 Å². The van der Waals surface area contributed by atoms with Crippen molar-refractivity contribution in [1.29, 1.82) is 0 Å². The van der Waals surface area contributed by atoms with Crippen molar-refractivity contribution >= 4 is 71.3 Å². The van der Waals surface area contributed by atoms with Crippen LogP contribution >= 0.6 is 0 Å². The number of carboxylic acids is 2. The minimum Gasteiger partial charge on any atom is -0.478 e. The molecule has 0 aliphatic carbocycles. The van der Waals surface area contributed by atoms with Gasteiger partial charge < -0.3 is 24.6 Å². The van der Waals surface area contributed by atoms with Gasteiger partial charge in [-0.05, 0) is 57.4 Å². The van der Waals surface area contributed by atoms with Crippen molar-refractivity contribution in [2.45, 2.75) is 71.1 Å². The van der Waals surface area contributed by atoms with Gasteiger partial charge in [-0.15, -0.1) is 0 Å². The third-order valence-electron chi connectivity index (χ3n) is 10.4. The van der Waals surface area contributed by atoms with Crippen LogP contribution in [0.4, 0.5) is 11.4 Å². The lowest BCUT2D eigenvalue weighted by Gasteiger charge is -2.27. The van der Waals surface area contributed by atoms with E-state index in [0.717, 1.165) is 6.07 Å². The first-order valence-corrected chi connectivity index (χ1v) is 24.4. The molecule has 0 saturated carbocycles. The summed E-state index contributed by atoms with van der Waals surface area (Å²) in [5, 5.41) is 20.0. The molecule has 0 aromatic heterocycles. The number of carboxylic acid groups (broad SMARTS) is 2. The monoisotopic (exact) mass is 939 g/mol. The van der Waals surface area contributed by atoms with Crippen LogP contribution in [0.2, 0.25) is 0 Å². The van der Waals surface area contributed by atoms with Crippen molar-refractivity contribution < 1.29 is 82.4 Å². The number of ether oxygens (including phenoxy) is 2. The molecule has 0 bridgehead atoms. The van der Waals surface area contributed by atoms with E-state index >= 15 is 0 Å². The van der Waals surface area contributed by atoms with Crippen LogP contribution in [0.25, 0.3) is 0 Å². The van der Waals surface area contributed by atoms with E-state index < -0.39 is 88.9 Å². The molecule has 63 heavy (non-hydrogen) atoms. The first-order valence-electron chi connectivity index (χ1n) is 19.6. The molecule has 0 fully saturated rings. The molecule has 19 nitrogen and oxygen atoms in total. The molecule has 22 heteroatoms. The zero-order chi connectivity index (χ0) is 47.3. The molecule has 2 heterocycles. The van der Waals surface area contributed by atoms with E-state index in [1.165, 1.54) is 18.2 Å². The van der Waals surface area contributed by atoms with Crippen molar-refractivity contribution in [3.63, 3.8) is 0 Å². The highest BCUT2D eigenvalue weighted by Gasteiger charge is 2.48. The van der Waals surface area contributed by atoms with Gasteiger partial charge in [0.05, 0.1) is 63.7 Å². The number of rotatable bonds is 21.